The number of nitrogens with one attached hydrogen (secondary N) is 2. The van der Waals surface area contributed by atoms with E-state index in [-0.39, 0.29) is 23.4 Å². The van der Waals surface area contributed by atoms with Gasteiger partial charge in [0.1, 0.15) is 12.6 Å². The van der Waals surface area contributed by atoms with Crippen LogP contribution in [0.3, 0.4) is 0 Å². The van der Waals surface area contributed by atoms with Gasteiger partial charge >= 0.3 is 0 Å². The Labute approximate surface area is 213 Å². The summed E-state index contributed by atoms with van der Waals surface area (Å²) in [4.78, 5) is 35.7. The molecule has 1 aliphatic rings. The average Bonchev–Trinajstić information content (AvgIpc) is 2.89. The lowest BCUT2D eigenvalue weighted by atomic mass is 10.1. The van der Waals surface area contributed by atoms with E-state index in [2.05, 4.69) is 41.3 Å². The Hall–Kier alpha value is -3.37. The molecule has 0 atom stereocenters. The van der Waals surface area contributed by atoms with Gasteiger partial charge in [-0.05, 0) is 63.8 Å². The molecule has 1 fully saturated rings. The summed E-state index contributed by atoms with van der Waals surface area (Å²) in [5, 5.41) is 26.4. The van der Waals surface area contributed by atoms with Gasteiger partial charge in [-0.25, -0.2) is 4.98 Å². The monoisotopic (exact) mass is 501 g/mol. The lowest BCUT2D eigenvalue weighted by Crippen LogP contribution is -2.37. The number of nitro groups is 1. The quantitative estimate of drug-likeness (QED) is 0.280. The lowest BCUT2D eigenvalue weighted by Gasteiger charge is -2.28. The van der Waals surface area contributed by atoms with Crippen LogP contribution in [0, 0.1) is 10.1 Å². The molecule has 2 aromatic rings. The predicted molar refractivity (Wildman–Crippen MR) is 143 cm³/mol. The van der Waals surface area contributed by atoms with Gasteiger partial charge in [-0.2, -0.15) is 0 Å². The minimum absolute atomic E-state index is 0.0435. The highest BCUT2D eigenvalue weighted by atomic mass is 16.6. The highest BCUT2D eigenvalue weighted by molar-refractivity contribution is 5.83. The van der Waals surface area contributed by atoms with Crippen LogP contribution in [-0.2, 0) is 17.8 Å². The zero-order chi connectivity index (χ0) is 27.1. The number of piperidine rings is 1. The van der Waals surface area contributed by atoms with Gasteiger partial charge in [-0.15, -0.1) is 0 Å². The van der Waals surface area contributed by atoms with Gasteiger partial charge in [0.2, 0.25) is 0 Å². The van der Waals surface area contributed by atoms with Crippen molar-refractivity contribution in [2.24, 2.45) is 0 Å². The molecule has 10 heteroatoms. The molecule has 1 aromatic carbocycles. The molecule has 0 spiro atoms. The molecule has 1 aromatic heterocycles. The molecule has 0 radical (unpaired) electrons. The Balaban J connectivity index is 0.000000337. The normalized spacial score (nSPS) is 13.0. The van der Waals surface area contributed by atoms with Gasteiger partial charge in [-0.3, -0.25) is 14.9 Å². The first kappa shape index (κ1) is 30.7. The number of anilines is 2. The van der Waals surface area contributed by atoms with Crippen molar-refractivity contribution in [3.63, 3.8) is 0 Å². The minimum Gasteiger partial charge on any atom is -0.392 e. The van der Waals surface area contributed by atoms with Crippen molar-refractivity contribution in [1.82, 2.24) is 10.3 Å². The molecular formula is C26H39N5O5. The topological polar surface area (TPSA) is 138 Å². The van der Waals surface area contributed by atoms with Gasteiger partial charge in [0.25, 0.3) is 5.69 Å². The van der Waals surface area contributed by atoms with Crippen LogP contribution in [0.2, 0.25) is 0 Å². The molecule has 0 saturated carbocycles. The number of nitrogens with zero attached hydrogens (tertiary/aromatic N) is 3. The first-order chi connectivity index (χ1) is 17.2. The van der Waals surface area contributed by atoms with Crippen molar-refractivity contribution in [2.75, 3.05) is 36.9 Å². The van der Waals surface area contributed by atoms with Crippen molar-refractivity contribution in [1.29, 1.82) is 0 Å². The molecule has 1 saturated heterocycles. The van der Waals surface area contributed by atoms with Crippen LogP contribution in [-0.4, -0.2) is 60.3 Å². The fourth-order valence-corrected chi connectivity index (χ4v) is 3.74. The van der Waals surface area contributed by atoms with Gasteiger partial charge in [0, 0.05) is 56.1 Å². The average molecular weight is 502 g/mol. The Kier molecular flexibility index (Phi) is 13.3. The number of pyridine rings is 1. The number of carbonyl (C=O) groups is 2. The highest BCUT2D eigenvalue weighted by Gasteiger charge is 2.17. The first-order valence-corrected chi connectivity index (χ1v) is 12.0. The highest BCUT2D eigenvalue weighted by Crippen LogP contribution is 2.26. The SMILES string of the molecule is C=O.CNc1ccc(CO)c(CCNC(C)(C)C)n1.O=Cc1cc(N2CCCCC2)ccc1[N+](=O)[O-]. The summed E-state index contributed by atoms with van der Waals surface area (Å²) >= 11 is 0. The Bertz CT molecular complexity index is 972. The van der Waals surface area contributed by atoms with E-state index in [1.54, 1.807) is 12.1 Å². The van der Waals surface area contributed by atoms with Gasteiger partial charge in [0.05, 0.1) is 17.1 Å². The molecule has 3 N–H and O–H groups in total. The third kappa shape index (κ3) is 10.1. The zero-order valence-electron chi connectivity index (χ0n) is 21.7. The minimum atomic E-state index is -0.524. The first-order valence-electron chi connectivity index (χ1n) is 12.0. The van der Waals surface area contributed by atoms with E-state index in [0.717, 1.165) is 61.7 Å². The molecule has 0 bridgehead atoms. The van der Waals surface area contributed by atoms with Crippen LogP contribution in [0.4, 0.5) is 17.2 Å². The smallest absolute Gasteiger partial charge is 0.280 e. The fourth-order valence-electron chi connectivity index (χ4n) is 3.74. The second-order valence-electron chi connectivity index (χ2n) is 9.30. The summed E-state index contributed by atoms with van der Waals surface area (Å²) in [6.45, 7) is 11.2. The maximum Gasteiger partial charge on any atom is 0.280 e. The number of hydrogen-bond donors (Lipinski definition) is 3. The van der Waals surface area contributed by atoms with E-state index in [1.165, 1.54) is 12.5 Å². The maximum atomic E-state index is 10.8. The molecule has 1 aliphatic heterocycles. The molecule has 0 unspecified atom stereocenters. The van der Waals surface area contributed by atoms with E-state index >= 15 is 0 Å². The third-order valence-electron chi connectivity index (χ3n) is 5.57. The molecule has 36 heavy (non-hydrogen) atoms. The second-order valence-corrected chi connectivity index (χ2v) is 9.30. The van der Waals surface area contributed by atoms with E-state index in [1.807, 2.05) is 26.0 Å². The molecular weight excluding hydrogens is 462 g/mol. The van der Waals surface area contributed by atoms with Gasteiger partial charge in [-0.1, -0.05) is 6.07 Å². The number of benzene rings is 1. The largest absolute Gasteiger partial charge is 0.392 e. The summed E-state index contributed by atoms with van der Waals surface area (Å²) in [5.74, 6) is 0.841. The Morgan fingerprint density at radius 1 is 1.17 bits per heavy atom. The third-order valence-corrected chi connectivity index (χ3v) is 5.57. The molecule has 198 valence electrons. The van der Waals surface area contributed by atoms with Crippen molar-refractivity contribution in [3.05, 3.63) is 57.3 Å². The van der Waals surface area contributed by atoms with Crippen LogP contribution >= 0.6 is 0 Å². The number of aromatic nitrogens is 1. The van der Waals surface area contributed by atoms with Crippen molar-refractivity contribution in [2.45, 2.75) is 58.6 Å². The summed E-state index contributed by atoms with van der Waals surface area (Å²) in [5.41, 5.74) is 2.90. The number of carbonyl (C=O) groups excluding carboxylic acids is 2. The number of aliphatic hydroxyl groups is 1. The van der Waals surface area contributed by atoms with Crippen molar-refractivity contribution >= 4 is 30.3 Å². The van der Waals surface area contributed by atoms with Crippen LogP contribution in [0.5, 0.6) is 0 Å². The van der Waals surface area contributed by atoms with Crippen LogP contribution in [0.1, 0.15) is 61.6 Å². The summed E-state index contributed by atoms with van der Waals surface area (Å²) < 4.78 is 0. The maximum absolute atomic E-state index is 10.8. The van der Waals surface area contributed by atoms with E-state index in [4.69, 9.17) is 4.79 Å². The molecule has 0 aliphatic carbocycles. The summed E-state index contributed by atoms with van der Waals surface area (Å²) in [6.07, 6.45) is 4.86. The van der Waals surface area contributed by atoms with E-state index in [0.29, 0.717) is 6.29 Å². The van der Waals surface area contributed by atoms with Gasteiger partial charge < -0.3 is 25.4 Å². The number of aliphatic hydroxyl groups excluding tert-OH is 1. The number of rotatable bonds is 8. The van der Waals surface area contributed by atoms with E-state index < -0.39 is 4.92 Å². The molecule has 0 amide bonds. The van der Waals surface area contributed by atoms with Crippen molar-refractivity contribution < 1.29 is 19.6 Å². The molecule has 2 heterocycles. The van der Waals surface area contributed by atoms with Gasteiger partial charge in [0.15, 0.2) is 6.29 Å². The summed E-state index contributed by atoms with van der Waals surface area (Å²) in [6, 6.07) is 8.54. The summed E-state index contributed by atoms with van der Waals surface area (Å²) in [7, 11) is 1.85. The Morgan fingerprint density at radius 2 is 1.83 bits per heavy atom. The number of nitro benzene ring substituents is 1. The zero-order valence-corrected chi connectivity index (χ0v) is 21.7. The van der Waals surface area contributed by atoms with Crippen LogP contribution < -0.4 is 15.5 Å². The lowest BCUT2D eigenvalue weighted by molar-refractivity contribution is -0.385. The standard InChI is InChI=1S/C13H23N3O.C12H14N2O3.CH2O/c1-13(2,3)15-8-7-11-10(9-17)5-6-12(14-4)16-11;15-9-10-8-11(4-5-12(10)14(16)17)13-6-2-1-3-7-13;1-2/h5-6,15,17H,7-9H2,1-4H3,(H,14,16);4-5,8-9H,1-3,6-7H2;1H2. The Morgan fingerprint density at radius 3 is 2.36 bits per heavy atom. The second kappa shape index (κ2) is 15.6. The number of aldehydes is 1. The molecule has 3 rings (SSSR count). The predicted octanol–water partition coefficient (Wildman–Crippen LogP) is 3.76. The number of hydrogen-bond acceptors (Lipinski definition) is 9. The van der Waals surface area contributed by atoms with Crippen molar-refractivity contribution in [3.8, 4) is 0 Å². The van der Waals surface area contributed by atoms with E-state index in [9.17, 15) is 20.0 Å². The molecule has 10 nitrogen and oxygen atoms in total. The van der Waals surface area contributed by atoms with Crippen LogP contribution in [0.25, 0.3) is 0 Å². The van der Waals surface area contributed by atoms with Crippen LogP contribution in [0.15, 0.2) is 30.3 Å². The fraction of sp³-hybridized carbons (Fsp3) is 0.500.